The van der Waals surface area contributed by atoms with E-state index >= 15 is 0 Å². The number of fused-ring (bicyclic) bond motifs is 1. The topological polar surface area (TPSA) is 50.6 Å². The van der Waals surface area contributed by atoms with Crippen LogP contribution >= 0.6 is 0 Å². The first-order valence-corrected chi connectivity index (χ1v) is 9.39. The Morgan fingerprint density at radius 2 is 2.00 bits per heavy atom. The molecule has 6 heteroatoms. The standard InChI is InChI=1S/C18H28N4O2/c23-18(16-4-9-24-10-5-16)21-12-15(11-20-7-1-2-8-20)13-22-17(14-21)3-6-19-22/h3,6,15-16H,1-2,4-5,7-14H2/t15-/m1/s1. The molecule has 6 nitrogen and oxygen atoms in total. The van der Waals surface area contributed by atoms with Crippen molar-refractivity contribution in [1.82, 2.24) is 19.6 Å². The summed E-state index contributed by atoms with van der Waals surface area (Å²) in [4.78, 5) is 17.7. The fraction of sp³-hybridized carbons (Fsp3) is 0.778. The molecule has 0 aliphatic carbocycles. The lowest BCUT2D eigenvalue weighted by Gasteiger charge is -2.31. The van der Waals surface area contributed by atoms with Crippen molar-refractivity contribution in [1.29, 1.82) is 0 Å². The zero-order chi connectivity index (χ0) is 16.4. The van der Waals surface area contributed by atoms with Crippen molar-refractivity contribution in [2.45, 2.75) is 38.8 Å². The van der Waals surface area contributed by atoms with Crippen LogP contribution in [-0.4, -0.2) is 64.9 Å². The van der Waals surface area contributed by atoms with E-state index in [-0.39, 0.29) is 5.92 Å². The fourth-order valence-corrected chi connectivity index (χ4v) is 4.35. The van der Waals surface area contributed by atoms with E-state index in [0.29, 0.717) is 18.4 Å². The van der Waals surface area contributed by atoms with Gasteiger partial charge in [0.1, 0.15) is 0 Å². The van der Waals surface area contributed by atoms with Crippen molar-refractivity contribution >= 4 is 5.91 Å². The third kappa shape index (κ3) is 3.49. The van der Waals surface area contributed by atoms with Gasteiger partial charge >= 0.3 is 0 Å². The maximum absolute atomic E-state index is 13.0. The predicted molar refractivity (Wildman–Crippen MR) is 90.4 cm³/mol. The Labute approximate surface area is 143 Å². The lowest BCUT2D eigenvalue weighted by atomic mass is 9.98. The molecule has 1 aromatic heterocycles. The van der Waals surface area contributed by atoms with Crippen molar-refractivity contribution < 1.29 is 9.53 Å². The van der Waals surface area contributed by atoms with Gasteiger partial charge in [0.15, 0.2) is 0 Å². The number of ether oxygens (including phenoxy) is 1. The van der Waals surface area contributed by atoms with Crippen LogP contribution in [0.3, 0.4) is 0 Å². The maximum atomic E-state index is 13.0. The molecule has 1 aromatic rings. The molecule has 2 fully saturated rings. The van der Waals surface area contributed by atoms with E-state index in [2.05, 4.69) is 25.6 Å². The minimum atomic E-state index is 0.139. The van der Waals surface area contributed by atoms with E-state index in [1.165, 1.54) is 31.6 Å². The van der Waals surface area contributed by atoms with Crippen LogP contribution in [0.15, 0.2) is 12.3 Å². The summed E-state index contributed by atoms with van der Waals surface area (Å²) < 4.78 is 7.53. The van der Waals surface area contributed by atoms with Gasteiger partial charge in [0.05, 0.1) is 12.2 Å². The van der Waals surface area contributed by atoms with Crippen molar-refractivity contribution in [2.75, 3.05) is 39.4 Å². The van der Waals surface area contributed by atoms with Crippen LogP contribution < -0.4 is 0 Å². The summed E-state index contributed by atoms with van der Waals surface area (Å²) in [6, 6.07) is 2.06. The number of carbonyl (C=O) groups excluding carboxylic acids is 1. The Hall–Kier alpha value is -1.40. The third-order valence-electron chi connectivity index (χ3n) is 5.66. The average Bonchev–Trinajstić information content (AvgIpc) is 3.24. The first-order chi connectivity index (χ1) is 11.8. The summed E-state index contributed by atoms with van der Waals surface area (Å²) in [6.45, 7) is 7.42. The molecule has 1 amide bonds. The van der Waals surface area contributed by atoms with E-state index < -0.39 is 0 Å². The number of amides is 1. The van der Waals surface area contributed by atoms with Crippen LogP contribution in [0.1, 0.15) is 31.4 Å². The molecule has 0 unspecified atom stereocenters. The fourth-order valence-electron chi connectivity index (χ4n) is 4.35. The van der Waals surface area contributed by atoms with Gasteiger partial charge < -0.3 is 14.5 Å². The normalized spacial score (nSPS) is 26.3. The van der Waals surface area contributed by atoms with Crippen molar-refractivity contribution in [2.24, 2.45) is 11.8 Å². The highest BCUT2D eigenvalue weighted by Gasteiger charge is 2.31. The minimum Gasteiger partial charge on any atom is -0.381 e. The first kappa shape index (κ1) is 16.1. The van der Waals surface area contributed by atoms with Crippen LogP contribution in [0.4, 0.5) is 0 Å². The van der Waals surface area contributed by atoms with Gasteiger partial charge in [0, 0.05) is 50.9 Å². The Morgan fingerprint density at radius 1 is 1.21 bits per heavy atom. The lowest BCUT2D eigenvalue weighted by molar-refractivity contribution is -0.139. The van der Waals surface area contributed by atoms with E-state index in [4.69, 9.17) is 4.74 Å². The second kappa shape index (κ2) is 7.23. The third-order valence-corrected chi connectivity index (χ3v) is 5.66. The molecule has 4 rings (SSSR count). The minimum absolute atomic E-state index is 0.139. The van der Waals surface area contributed by atoms with Crippen LogP contribution in [0, 0.1) is 11.8 Å². The molecule has 24 heavy (non-hydrogen) atoms. The summed E-state index contributed by atoms with van der Waals surface area (Å²) in [7, 11) is 0. The smallest absolute Gasteiger partial charge is 0.226 e. The molecular formula is C18H28N4O2. The van der Waals surface area contributed by atoms with Gasteiger partial charge in [-0.1, -0.05) is 0 Å². The van der Waals surface area contributed by atoms with Gasteiger partial charge in [-0.05, 0) is 44.8 Å². The maximum Gasteiger partial charge on any atom is 0.226 e. The number of carbonyl (C=O) groups is 1. The summed E-state index contributed by atoms with van der Waals surface area (Å²) in [6.07, 6.45) is 6.22. The van der Waals surface area contributed by atoms with Crippen LogP contribution in [0.5, 0.6) is 0 Å². The molecule has 0 bridgehead atoms. The SMILES string of the molecule is O=C(C1CCOCC1)N1Cc2ccnn2C[C@H](CN2CCCC2)C1. The van der Waals surface area contributed by atoms with E-state index in [0.717, 1.165) is 45.7 Å². The highest BCUT2D eigenvalue weighted by atomic mass is 16.5. The van der Waals surface area contributed by atoms with Gasteiger partial charge in [-0.15, -0.1) is 0 Å². The molecule has 3 aliphatic heterocycles. The molecule has 0 spiro atoms. The predicted octanol–water partition coefficient (Wildman–Crippen LogP) is 1.36. The molecular weight excluding hydrogens is 304 g/mol. The molecule has 132 valence electrons. The van der Waals surface area contributed by atoms with Gasteiger partial charge in [0.2, 0.25) is 5.91 Å². The monoisotopic (exact) mass is 332 g/mol. The zero-order valence-corrected chi connectivity index (χ0v) is 14.4. The van der Waals surface area contributed by atoms with Gasteiger partial charge in [-0.3, -0.25) is 9.48 Å². The van der Waals surface area contributed by atoms with E-state index in [1.54, 1.807) is 0 Å². The highest BCUT2D eigenvalue weighted by Crippen LogP contribution is 2.23. The Bertz CT molecular complexity index is 561. The molecule has 0 saturated carbocycles. The summed E-state index contributed by atoms with van der Waals surface area (Å²) in [5, 5.41) is 4.49. The zero-order valence-electron chi connectivity index (χ0n) is 14.4. The van der Waals surface area contributed by atoms with Crippen LogP contribution in [-0.2, 0) is 22.6 Å². The first-order valence-electron chi connectivity index (χ1n) is 9.39. The second-order valence-electron chi connectivity index (χ2n) is 7.48. The van der Waals surface area contributed by atoms with Gasteiger partial charge in [-0.2, -0.15) is 5.10 Å². The Morgan fingerprint density at radius 3 is 2.79 bits per heavy atom. The molecule has 0 N–H and O–H groups in total. The molecule has 4 heterocycles. The number of hydrogen-bond donors (Lipinski definition) is 0. The van der Waals surface area contributed by atoms with Crippen molar-refractivity contribution in [3.05, 3.63) is 18.0 Å². The highest BCUT2D eigenvalue weighted by molar-refractivity contribution is 5.79. The molecule has 0 aromatic carbocycles. The Kier molecular flexibility index (Phi) is 4.85. The summed E-state index contributed by atoms with van der Waals surface area (Å²) in [5.74, 6) is 0.924. The quantitative estimate of drug-likeness (QED) is 0.839. The number of aromatic nitrogens is 2. The summed E-state index contributed by atoms with van der Waals surface area (Å²) >= 11 is 0. The van der Waals surface area contributed by atoms with Crippen LogP contribution in [0.2, 0.25) is 0 Å². The number of nitrogens with zero attached hydrogens (tertiary/aromatic N) is 4. The van der Waals surface area contributed by atoms with E-state index in [1.807, 2.05) is 6.20 Å². The summed E-state index contributed by atoms with van der Waals surface area (Å²) in [5.41, 5.74) is 1.17. The largest absolute Gasteiger partial charge is 0.381 e. The lowest BCUT2D eigenvalue weighted by Crippen LogP contribution is -2.42. The molecule has 2 saturated heterocycles. The Balaban J connectivity index is 1.49. The van der Waals surface area contributed by atoms with Gasteiger partial charge in [0.25, 0.3) is 0 Å². The van der Waals surface area contributed by atoms with Crippen molar-refractivity contribution in [3.63, 3.8) is 0 Å². The second-order valence-corrected chi connectivity index (χ2v) is 7.48. The number of hydrogen-bond acceptors (Lipinski definition) is 4. The number of likely N-dealkylation sites (tertiary alicyclic amines) is 1. The molecule has 0 radical (unpaired) electrons. The van der Waals surface area contributed by atoms with E-state index in [9.17, 15) is 4.79 Å². The molecule has 3 aliphatic rings. The average molecular weight is 332 g/mol. The number of rotatable bonds is 3. The van der Waals surface area contributed by atoms with Gasteiger partial charge in [-0.25, -0.2) is 0 Å². The molecule has 1 atom stereocenters. The van der Waals surface area contributed by atoms with Crippen molar-refractivity contribution in [3.8, 4) is 0 Å². The van der Waals surface area contributed by atoms with Crippen LogP contribution in [0.25, 0.3) is 0 Å².